The molecule has 2 rings (SSSR count). The van der Waals surface area contributed by atoms with Crippen LogP contribution >= 0.6 is 0 Å². The summed E-state index contributed by atoms with van der Waals surface area (Å²) in [4.78, 5) is 16.1. The Hall–Kier alpha value is -2.57. The number of rotatable bonds is 6. The molecular weight excluding hydrogens is 294 g/mol. The third-order valence-corrected chi connectivity index (χ3v) is 3.45. The van der Waals surface area contributed by atoms with Crippen molar-refractivity contribution in [1.82, 2.24) is 20.1 Å². The van der Waals surface area contributed by atoms with Crippen LogP contribution in [0, 0.1) is 6.92 Å². The van der Waals surface area contributed by atoms with E-state index < -0.39 is 0 Å². The number of aromatic nitrogens is 3. The Morgan fingerprint density at radius 1 is 1.48 bits per heavy atom. The lowest BCUT2D eigenvalue weighted by atomic mass is 10.2. The number of hydrogen-bond acceptors (Lipinski definition) is 4. The van der Waals surface area contributed by atoms with Crippen LogP contribution in [0.4, 0.5) is 10.6 Å². The van der Waals surface area contributed by atoms with E-state index in [0.29, 0.717) is 12.3 Å². The van der Waals surface area contributed by atoms with E-state index in [1.54, 1.807) is 23.1 Å². The molecule has 2 heterocycles. The van der Waals surface area contributed by atoms with Gasteiger partial charge in [-0.2, -0.15) is 5.10 Å². The molecule has 2 N–H and O–H groups in total. The fourth-order valence-electron chi connectivity index (χ4n) is 2.36. The summed E-state index contributed by atoms with van der Waals surface area (Å²) in [6, 6.07) is 3.36. The molecule has 0 spiro atoms. The van der Waals surface area contributed by atoms with Gasteiger partial charge in [0.25, 0.3) is 0 Å². The van der Waals surface area contributed by atoms with Gasteiger partial charge in [0.15, 0.2) is 0 Å². The highest BCUT2D eigenvalue weighted by Gasteiger charge is 2.14. The predicted molar refractivity (Wildman–Crippen MR) is 88.7 cm³/mol. The summed E-state index contributed by atoms with van der Waals surface area (Å²) in [6.07, 6.45) is 3.98. The molecule has 0 aromatic carbocycles. The summed E-state index contributed by atoms with van der Waals surface area (Å²) in [6.45, 7) is 6.25. The van der Waals surface area contributed by atoms with Crippen molar-refractivity contribution in [3.63, 3.8) is 0 Å². The first kappa shape index (κ1) is 16.8. The molecule has 2 aromatic heterocycles. The number of amides is 2. The Morgan fingerprint density at radius 2 is 2.26 bits per heavy atom. The molecule has 0 radical (unpaired) electrons. The van der Waals surface area contributed by atoms with Gasteiger partial charge in [-0.1, -0.05) is 6.92 Å². The van der Waals surface area contributed by atoms with Crippen molar-refractivity contribution in [2.24, 2.45) is 7.05 Å². The third-order valence-electron chi connectivity index (χ3n) is 3.45. The second kappa shape index (κ2) is 7.62. The normalized spacial score (nSPS) is 11.8. The van der Waals surface area contributed by atoms with Crippen LogP contribution in [0.5, 0.6) is 5.75 Å². The molecule has 7 heteroatoms. The fourth-order valence-corrected chi connectivity index (χ4v) is 2.36. The van der Waals surface area contributed by atoms with E-state index in [2.05, 4.69) is 20.7 Å². The number of nitrogens with zero attached hydrogens (tertiary/aromatic N) is 3. The second-order valence-corrected chi connectivity index (χ2v) is 5.34. The highest BCUT2D eigenvalue weighted by atomic mass is 16.5. The lowest BCUT2D eigenvalue weighted by Crippen LogP contribution is -2.37. The summed E-state index contributed by atoms with van der Waals surface area (Å²) in [5.74, 6) is 1.40. The van der Waals surface area contributed by atoms with E-state index >= 15 is 0 Å². The molecule has 0 saturated heterocycles. The maximum absolute atomic E-state index is 12.1. The molecule has 0 fully saturated rings. The molecule has 23 heavy (non-hydrogen) atoms. The molecule has 0 bridgehead atoms. The molecule has 0 saturated carbocycles. The van der Waals surface area contributed by atoms with Crippen LogP contribution in [0.3, 0.4) is 0 Å². The summed E-state index contributed by atoms with van der Waals surface area (Å²) in [5.41, 5.74) is 1.97. The summed E-state index contributed by atoms with van der Waals surface area (Å²) < 4.78 is 7.35. The summed E-state index contributed by atoms with van der Waals surface area (Å²) >= 11 is 0. The average Bonchev–Trinajstić information content (AvgIpc) is 2.79. The van der Waals surface area contributed by atoms with Gasteiger partial charge in [-0.15, -0.1) is 0 Å². The lowest BCUT2D eigenvalue weighted by molar-refractivity contribution is 0.211. The number of nitrogens with one attached hydrogen (secondary N) is 2. The van der Waals surface area contributed by atoms with Crippen molar-refractivity contribution in [1.29, 1.82) is 0 Å². The average molecular weight is 317 g/mol. The highest BCUT2D eigenvalue weighted by Crippen LogP contribution is 2.18. The molecule has 7 nitrogen and oxygen atoms in total. The van der Waals surface area contributed by atoms with Gasteiger partial charge in [0.05, 0.1) is 18.4 Å². The molecule has 124 valence electrons. The third kappa shape index (κ3) is 4.45. The first-order valence-corrected chi connectivity index (χ1v) is 7.65. The van der Waals surface area contributed by atoms with Gasteiger partial charge in [0.1, 0.15) is 17.7 Å². The number of carbonyl (C=O) groups is 1. The zero-order valence-electron chi connectivity index (χ0n) is 14.0. The molecule has 2 amide bonds. The van der Waals surface area contributed by atoms with Crippen LogP contribution < -0.4 is 15.4 Å². The molecular formula is C16H23N5O2. The quantitative estimate of drug-likeness (QED) is 0.856. The van der Waals surface area contributed by atoms with Gasteiger partial charge < -0.3 is 10.1 Å². The highest BCUT2D eigenvalue weighted by molar-refractivity contribution is 5.89. The monoisotopic (exact) mass is 317 g/mol. The number of anilines is 1. The largest absolute Gasteiger partial charge is 0.487 e. The zero-order chi connectivity index (χ0) is 16.8. The van der Waals surface area contributed by atoms with Gasteiger partial charge in [0.2, 0.25) is 0 Å². The van der Waals surface area contributed by atoms with E-state index in [0.717, 1.165) is 23.5 Å². The van der Waals surface area contributed by atoms with Crippen LogP contribution in [-0.2, 0) is 13.5 Å². The minimum atomic E-state index is -0.274. The van der Waals surface area contributed by atoms with E-state index in [4.69, 9.17) is 4.74 Å². The van der Waals surface area contributed by atoms with E-state index in [1.165, 1.54) is 0 Å². The Kier molecular flexibility index (Phi) is 5.56. The first-order chi connectivity index (χ1) is 11.0. The van der Waals surface area contributed by atoms with Gasteiger partial charge >= 0.3 is 6.03 Å². The van der Waals surface area contributed by atoms with Crippen LogP contribution in [-0.4, -0.2) is 33.4 Å². The minimum Gasteiger partial charge on any atom is -0.487 e. The van der Waals surface area contributed by atoms with Crippen LogP contribution in [0.15, 0.2) is 24.5 Å². The number of hydrogen-bond donors (Lipinski definition) is 2. The molecule has 0 aliphatic carbocycles. The zero-order valence-corrected chi connectivity index (χ0v) is 14.0. The van der Waals surface area contributed by atoms with Crippen molar-refractivity contribution in [2.75, 3.05) is 11.9 Å². The van der Waals surface area contributed by atoms with Crippen molar-refractivity contribution >= 4 is 11.8 Å². The van der Waals surface area contributed by atoms with Crippen molar-refractivity contribution < 1.29 is 9.53 Å². The molecule has 0 aliphatic rings. The maximum Gasteiger partial charge on any atom is 0.320 e. The lowest BCUT2D eigenvalue weighted by Gasteiger charge is -2.15. The summed E-state index contributed by atoms with van der Waals surface area (Å²) in [5, 5.41) is 9.98. The van der Waals surface area contributed by atoms with Gasteiger partial charge in [-0.05, 0) is 32.4 Å². The van der Waals surface area contributed by atoms with Crippen molar-refractivity contribution in [2.45, 2.75) is 33.3 Å². The van der Waals surface area contributed by atoms with Gasteiger partial charge in [-0.25, -0.2) is 4.79 Å². The number of pyridine rings is 1. The Labute approximate surface area is 136 Å². The smallest absolute Gasteiger partial charge is 0.320 e. The van der Waals surface area contributed by atoms with Crippen LogP contribution in [0.25, 0.3) is 0 Å². The topological polar surface area (TPSA) is 81.1 Å². The molecule has 0 unspecified atom stereocenters. The minimum absolute atomic E-state index is 0.163. The predicted octanol–water partition coefficient (Wildman–Crippen LogP) is 2.27. The van der Waals surface area contributed by atoms with Gasteiger partial charge in [0, 0.05) is 18.8 Å². The van der Waals surface area contributed by atoms with Gasteiger partial charge in [-0.3, -0.25) is 15.0 Å². The number of urea groups is 1. The number of ether oxygens (including phenoxy) is 1. The maximum atomic E-state index is 12.1. The van der Waals surface area contributed by atoms with Crippen molar-refractivity contribution in [3.8, 4) is 5.75 Å². The standard InChI is InChI=1S/C16H23N5O2/c1-5-14-12(3)20-21(4)15(14)19-16(22)18-9-11(2)23-13-7-6-8-17-10-13/h6-8,10-11H,5,9H2,1-4H3,(H2,18,19,22)/t11-/m1/s1. The van der Waals surface area contributed by atoms with Crippen molar-refractivity contribution in [3.05, 3.63) is 35.8 Å². The Balaban J connectivity index is 1.86. The molecule has 2 aromatic rings. The molecule has 0 aliphatic heterocycles. The van der Waals surface area contributed by atoms with E-state index in [-0.39, 0.29) is 12.1 Å². The van der Waals surface area contributed by atoms with E-state index in [9.17, 15) is 4.79 Å². The fraction of sp³-hybridized carbons (Fsp3) is 0.438. The number of carbonyl (C=O) groups excluding carboxylic acids is 1. The SMILES string of the molecule is CCc1c(C)nn(C)c1NC(=O)NC[C@@H](C)Oc1cccnc1. The molecule has 1 atom stereocenters. The summed E-state index contributed by atoms with van der Waals surface area (Å²) in [7, 11) is 1.82. The number of aryl methyl sites for hydroxylation is 2. The van der Waals surface area contributed by atoms with E-state index in [1.807, 2.05) is 33.9 Å². The Morgan fingerprint density at radius 3 is 2.91 bits per heavy atom. The Bertz CT molecular complexity index is 654. The first-order valence-electron chi connectivity index (χ1n) is 7.65. The van der Waals surface area contributed by atoms with Crippen LogP contribution in [0.2, 0.25) is 0 Å². The van der Waals surface area contributed by atoms with Crippen LogP contribution in [0.1, 0.15) is 25.1 Å². The second-order valence-electron chi connectivity index (χ2n) is 5.34.